The lowest BCUT2D eigenvalue weighted by atomic mass is 10.1. The number of aliphatic hydroxyl groups is 1. The number of methoxy groups -OCH3 is 1. The predicted octanol–water partition coefficient (Wildman–Crippen LogP) is 0.00790. The highest BCUT2D eigenvalue weighted by atomic mass is 16.5. The summed E-state index contributed by atoms with van der Waals surface area (Å²) in [5.41, 5.74) is -0.0770. The summed E-state index contributed by atoms with van der Waals surface area (Å²) in [6, 6.07) is 0. The van der Waals surface area contributed by atoms with Crippen molar-refractivity contribution in [1.29, 1.82) is 0 Å². The van der Waals surface area contributed by atoms with Crippen LogP contribution in [0.25, 0.3) is 0 Å². The predicted molar refractivity (Wildman–Crippen MR) is 52.4 cm³/mol. The third-order valence-corrected chi connectivity index (χ3v) is 1.80. The number of aldehydes is 1. The molecule has 0 unspecified atom stereocenters. The van der Waals surface area contributed by atoms with Gasteiger partial charge >= 0.3 is 0 Å². The summed E-state index contributed by atoms with van der Waals surface area (Å²) >= 11 is 0. The van der Waals surface area contributed by atoms with Crippen molar-refractivity contribution < 1.29 is 14.6 Å². The van der Waals surface area contributed by atoms with Gasteiger partial charge < -0.3 is 9.84 Å². The van der Waals surface area contributed by atoms with E-state index in [1.54, 1.807) is 13.8 Å². The molecule has 0 saturated carbocycles. The van der Waals surface area contributed by atoms with Gasteiger partial charge in [0.1, 0.15) is 0 Å². The Morgan fingerprint density at radius 1 is 1.60 bits per heavy atom. The Morgan fingerprint density at radius 3 is 2.73 bits per heavy atom. The molecule has 0 aliphatic carbocycles. The van der Waals surface area contributed by atoms with Gasteiger partial charge in [-0.3, -0.25) is 4.79 Å². The topological polar surface area (TPSA) is 77.2 Å². The third-order valence-electron chi connectivity index (χ3n) is 1.80. The van der Waals surface area contributed by atoms with Crippen molar-refractivity contribution in [3.05, 3.63) is 11.4 Å². The quantitative estimate of drug-likeness (QED) is 0.697. The molecular weight excluding hydrogens is 198 g/mol. The molecule has 0 atom stereocenters. The highest BCUT2D eigenvalue weighted by Gasteiger charge is 2.19. The first-order valence-corrected chi connectivity index (χ1v) is 4.57. The van der Waals surface area contributed by atoms with Gasteiger partial charge in [-0.2, -0.15) is 0 Å². The summed E-state index contributed by atoms with van der Waals surface area (Å²) < 4.78 is 6.42. The van der Waals surface area contributed by atoms with Crippen LogP contribution in [0, 0.1) is 0 Å². The van der Waals surface area contributed by atoms with Crippen molar-refractivity contribution in [2.75, 3.05) is 7.11 Å². The highest BCUT2D eigenvalue weighted by Crippen LogP contribution is 2.10. The molecule has 0 aliphatic rings. The summed E-state index contributed by atoms with van der Waals surface area (Å²) in [5.74, 6) is 0. The van der Waals surface area contributed by atoms with Crippen molar-refractivity contribution in [2.45, 2.75) is 32.6 Å². The van der Waals surface area contributed by atoms with Crippen LogP contribution in [0.5, 0.6) is 0 Å². The maximum atomic E-state index is 10.6. The van der Waals surface area contributed by atoms with E-state index in [-0.39, 0.29) is 18.8 Å². The van der Waals surface area contributed by atoms with Crippen molar-refractivity contribution in [1.82, 2.24) is 15.0 Å². The average Bonchev–Trinajstić information content (AvgIpc) is 2.47. The van der Waals surface area contributed by atoms with Crippen molar-refractivity contribution in [2.24, 2.45) is 0 Å². The zero-order valence-corrected chi connectivity index (χ0v) is 9.10. The molecule has 1 aromatic rings. The number of rotatable bonds is 5. The third kappa shape index (κ3) is 3.10. The standard InChI is InChI=1S/C9H15N3O3/c1-9(2,14)6-12-8(5-15-3)7(4-13)10-11-12/h4,14H,5-6H2,1-3H3. The zero-order valence-electron chi connectivity index (χ0n) is 9.10. The fourth-order valence-corrected chi connectivity index (χ4v) is 1.22. The number of carbonyl (C=O) groups excluding carboxylic acids is 1. The second-order valence-electron chi connectivity index (χ2n) is 3.94. The number of nitrogens with zero attached hydrogens (tertiary/aromatic N) is 3. The summed E-state index contributed by atoms with van der Waals surface area (Å²) in [4.78, 5) is 10.6. The molecule has 0 spiro atoms. The van der Waals surface area contributed by atoms with Crippen molar-refractivity contribution in [3.8, 4) is 0 Å². The highest BCUT2D eigenvalue weighted by molar-refractivity contribution is 5.73. The molecule has 6 nitrogen and oxygen atoms in total. The Labute approximate surface area is 87.9 Å². The van der Waals surface area contributed by atoms with Gasteiger partial charge in [0.05, 0.1) is 24.4 Å². The van der Waals surface area contributed by atoms with Crippen LogP contribution in [0.15, 0.2) is 0 Å². The van der Waals surface area contributed by atoms with E-state index in [1.807, 2.05) is 0 Å². The van der Waals surface area contributed by atoms with Gasteiger partial charge in [-0.1, -0.05) is 5.21 Å². The number of carbonyl (C=O) groups is 1. The van der Waals surface area contributed by atoms with Crippen LogP contribution in [0.3, 0.4) is 0 Å². The molecule has 1 heterocycles. The molecule has 84 valence electrons. The first-order chi connectivity index (χ1) is 6.98. The number of hydrogen-bond acceptors (Lipinski definition) is 5. The van der Waals surface area contributed by atoms with E-state index in [0.29, 0.717) is 12.0 Å². The first-order valence-electron chi connectivity index (χ1n) is 4.57. The van der Waals surface area contributed by atoms with Gasteiger partial charge in [0.2, 0.25) is 0 Å². The first kappa shape index (κ1) is 11.8. The van der Waals surface area contributed by atoms with Crippen LogP contribution >= 0.6 is 0 Å². The van der Waals surface area contributed by atoms with Gasteiger partial charge in [0, 0.05) is 7.11 Å². The fourth-order valence-electron chi connectivity index (χ4n) is 1.22. The Bertz CT molecular complexity index is 341. The summed E-state index contributed by atoms with van der Waals surface area (Å²) in [6.07, 6.45) is 0.627. The molecule has 0 aliphatic heterocycles. The van der Waals surface area contributed by atoms with E-state index < -0.39 is 5.60 Å². The van der Waals surface area contributed by atoms with Crippen LogP contribution in [0.1, 0.15) is 30.0 Å². The molecule has 0 aromatic carbocycles. The normalized spacial score (nSPS) is 11.7. The van der Waals surface area contributed by atoms with Crippen LogP contribution in [0.4, 0.5) is 0 Å². The lowest BCUT2D eigenvalue weighted by Crippen LogP contribution is -2.28. The molecule has 1 aromatic heterocycles. The fraction of sp³-hybridized carbons (Fsp3) is 0.667. The lowest BCUT2D eigenvalue weighted by Gasteiger charge is -2.17. The van der Waals surface area contributed by atoms with Gasteiger partial charge in [-0.15, -0.1) is 5.10 Å². The molecule has 0 bridgehead atoms. The van der Waals surface area contributed by atoms with Crippen LogP contribution in [0.2, 0.25) is 0 Å². The van der Waals surface area contributed by atoms with Gasteiger partial charge in [-0.05, 0) is 13.8 Å². The van der Waals surface area contributed by atoms with E-state index in [1.165, 1.54) is 11.8 Å². The van der Waals surface area contributed by atoms with Crippen LogP contribution in [-0.4, -0.2) is 39.1 Å². The lowest BCUT2D eigenvalue weighted by molar-refractivity contribution is 0.0538. The molecule has 15 heavy (non-hydrogen) atoms. The number of ether oxygens (including phenoxy) is 1. The average molecular weight is 213 g/mol. The van der Waals surface area contributed by atoms with Gasteiger partial charge in [-0.25, -0.2) is 4.68 Å². The molecule has 0 fully saturated rings. The molecule has 6 heteroatoms. The molecule has 1 rings (SSSR count). The smallest absolute Gasteiger partial charge is 0.172 e. The minimum Gasteiger partial charge on any atom is -0.389 e. The largest absolute Gasteiger partial charge is 0.389 e. The van der Waals surface area contributed by atoms with Crippen molar-refractivity contribution in [3.63, 3.8) is 0 Å². The Morgan fingerprint density at radius 2 is 2.27 bits per heavy atom. The van der Waals surface area contributed by atoms with E-state index in [0.717, 1.165) is 0 Å². The van der Waals surface area contributed by atoms with E-state index in [2.05, 4.69) is 10.3 Å². The second-order valence-corrected chi connectivity index (χ2v) is 3.94. The monoisotopic (exact) mass is 213 g/mol. The molecule has 0 radical (unpaired) electrons. The van der Waals surface area contributed by atoms with Gasteiger partial charge in [0.25, 0.3) is 0 Å². The summed E-state index contributed by atoms with van der Waals surface area (Å²) in [5, 5.41) is 17.1. The second kappa shape index (κ2) is 4.50. The zero-order chi connectivity index (χ0) is 11.5. The molecule has 0 amide bonds. The molecule has 0 saturated heterocycles. The minimum absolute atomic E-state index is 0.247. The van der Waals surface area contributed by atoms with E-state index >= 15 is 0 Å². The summed E-state index contributed by atoms with van der Waals surface area (Å²) in [7, 11) is 1.52. The van der Waals surface area contributed by atoms with E-state index in [9.17, 15) is 9.90 Å². The number of hydrogen-bond donors (Lipinski definition) is 1. The van der Waals surface area contributed by atoms with Gasteiger partial charge in [0.15, 0.2) is 12.0 Å². The maximum Gasteiger partial charge on any atom is 0.172 e. The Hall–Kier alpha value is -1.27. The van der Waals surface area contributed by atoms with Crippen LogP contribution in [-0.2, 0) is 17.9 Å². The minimum atomic E-state index is -0.906. The van der Waals surface area contributed by atoms with Crippen molar-refractivity contribution >= 4 is 6.29 Å². The Balaban J connectivity index is 2.96. The SMILES string of the molecule is COCc1c(C=O)nnn1CC(C)(C)O. The molecule has 1 N–H and O–H groups in total. The maximum absolute atomic E-state index is 10.6. The summed E-state index contributed by atoms with van der Waals surface area (Å²) in [6.45, 7) is 3.83. The van der Waals surface area contributed by atoms with Crippen LogP contribution < -0.4 is 0 Å². The molecular formula is C9H15N3O3. The number of aromatic nitrogens is 3. The van der Waals surface area contributed by atoms with E-state index in [4.69, 9.17) is 4.74 Å². The Kier molecular flexibility index (Phi) is 3.54.